The highest BCUT2D eigenvalue weighted by atomic mass is 32.2. The fourth-order valence-corrected chi connectivity index (χ4v) is 7.01. The molecule has 0 fully saturated rings. The van der Waals surface area contributed by atoms with Crippen LogP contribution < -0.4 is 18.9 Å². The fourth-order valence-electron chi connectivity index (χ4n) is 5.02. The van der Waals surface area contributed by atoms with Crippen molar-refractivity contribution in [3.63, 3.8) is 0 Å². The van der Waals surface area contributed by atoms with Crippen LogP contribution >= 0.6 is 23.5 Å². The van der Waals surface area contributed by atoms with E-state index in [0.29, 0.717) is 47.7 Å². The smallest absolute Gasteiger partial charge is 0.416 e. The second-order valence-corrected chi connectivity index (χ2v) is 14.8. The fraction of sp³-hybridized carbons (Fsp3) is 0.381. The summed E-state index contributed by atoms with van der Waals surface area (Å²) in [5.41, 5.74) is 0.182. The molecule has 0 bridgehead atoms. The molecule has 2 N–H and O–H groups in total. The minimum absolute atomic E-state index is 0.199. The highest BCUT2D eigenvalue weighted by Crippen LogP contribution is 2.32. The number of alkyl halides is 6. The van der Waals surface area contributed by atoms with Gasteiger partial charge in [0.2, 0.25) is 0 Å². The second-order valence-electron chi connectivity index (χ2n) is 12.7. The van der Waals surface area contributed by atoms with Gasteiger partial charge in [-0.1, -0.05) is 0 Å². The Morgan fingerprint density at radius 3 is 1.20 bits per heavy atom. The predicted octanol–water partition coefficient (Wildman–Crippen LogP) is 10.1. The van der Waals surface area contributed by atoms with Crippen LogP contribution in [0.15, 0.2) is 94.7 Å². The number of thioether (sulfide) groups is 2. The number of ether oxygens (including phenoxy) is 6. The van der Waals surface area contributed by atoms with Crippen molar-refractivity contribution in [2.75, 3.05) is 51.1 Å². The third-order valence-electron chi connectivity index (χ3n) is 7.91. The predicted molar refractivity (Wildman–Crippen MR) is 215 cm³/mol. The lowest BCUT2D eigenvalue weighted by Gasteiger charge is -2.18. The van der Waals surface area contributed by atoms with Crippen LogP contribution in [0.5, 0.6) is 23.0 Å². The van der Waals surface area contributed by atoms with Crippen LogP contribution in [0.1, 0.15) is 36.1 Å². The highest BCUT2D eigenvalue weighted by Gasteiger charge is 2.31. The number of hydrogen-bond acceptors (Lipinski definition) is 10. The molecule has 4 rings (SSSR count). The van der Waals surface area contributed by atoms with Gasteiger partial charge in [0.15, 0.2) is 13.2 Å². The molecule has 18 heteroatoms. The molecule has 0 saturated heterocycles. The second kappa shape index (κ2) is 24.5. The first kappa shape index (κ1) is 49.6. The van der Waals surface area contributed by atoms with Crippen molar-refractivity contribution < 1.29 is 74.6 Å². The Kier molecular flexibility index (Phi) is 20.2. The van der Waals surface area contributed by atoms with E-state index in [-0.39, 0.29) is 25.4 Å². The van der Waals surface area contributed by atoms with Gasteiger partial charge in [-0.2, -0.15) is 26.3 Å². The average molecular weight is 889 g/mol. The topological polar surface area (TPSA) is 130 Å². The van der Waals surface area contributed by atoms with Crippen LogP contribution in [0.2, 0.25) is 0 Å². The molecule has 10 nitrogen and oxygen atoms in total. The van der Waals surface area contributed by atoms with Crippen molar-refractivity contribution in [3.05, 3.63) is 107 Å². The van der Waals surface area contributed by atoms with Gasteiger partial charge in [-0.25, -0.2) is 9.59 Å². The maximum Gasteiger partial charge on any atom is 0.416 e. The number of aryl methyl sites for hydroxylation is 2. The lowest BCUT2D eigenvalue weighted by Crippen LogP contribution is -2.24. The number of carbonyl (C=O) groups is 2. The summed E-state index contributed by atoms with van der Waals surface area (Å²) >= 11 is 3.06. The Balaban J connectivity index is 0.000000320. The molecular weight excluding hydrogens is 843 g/mol. The summed E-state index contributed by atoms with van der Waals surface area (Å²) in [5, 5.41) is 17.4. The number of halogens is 6. The molecule has 0 saturated carbocycles. The minimum atomic E-state index is -4.38. The molecule has 4 aromatic rings. The quantitative estimate of drug-likeness (QED) is 0.0576. The van der Waals surface area contributed by atoms with E-state index in [1.165, 1.54) is 47.8 Å². The van der Waals surface area contributed by atoms with Crippen LogP contribution in [0.25, 0.3) is 0 Å². The van der Waals surface area contributed by atoms with Crippen LogP contribution in [0.4, 0.5) is 26.3 Å². The molecule has 0 aliphatic carbocycles. The van der Waals surface area contributed by atoms with Gasteiger partial charge in [-0.15, -0.1) is 23.5 Å². The van der Waals surface area contributed by atoms with Crippen molar-refractivity contribution in [1.29, 1.82) is 0 Å². The van der Waals surface area contributed by atoms with Crippen LogP contribution in [-0.2, 0) is 31.4 Å². The maximum atomic E-state index is 12.6. The van der Waals surface area contributed by atoms with Crippen LogP contribution in [0.3, 0.4) is 0 Å². The van der Waals surface area contributed by atoms with E-state index in [4.69, 9.17) is 38.6 Å². The first-order valence-electron chi connectivity index (χ1n) is 18.4. The molecule has 0 heterocycles. The third kappa shape index (κ3) is 18.2. The van der Waals surface area contributed by atoms with Gasteiger partial charge in [0.1, 0.15) is 48.4 Å². The van der Waals surface area contributed by atoms with Gasteiger partial charge in [0.05, 0.1) is 11.1 Å². The maximum absolute atomic E-state index is 12.6. The number of hydrogen-bond donors (Lipinski definition) is 2. The van der Waals surface area contributed by atoms with E-state index in [1.54, 1.807) is 12.1 Å². The average Bonchev–Trinajstić information content (AvgIpc) is 3.19. The van der Waals surface area contributed by atoms with Crippen molar-refractivity contribution in [2.45, 2.75) is 62.0 Å². The van der Waals surface area contributed by atoms with E-state index >= 15 is 0 Å². The van der Waals surface area contributed by atoms with Crippen LogP contribution in [0, 0.1) is 13.8 Å². The van der Waals surface area contributed by atoms with E-state index in [0.717, 1.165) is 45.2 Å². The van der Waals surface area contributed by atoms with Crippen molar-refractivity contribution in [3.8, 4) is 23.0 Å². The molecule has 0 spiro atoms. The Bertz CT molecular complexity index is 1790. The zero-order valence-electron chi connectivity index (χ0n) is 33.1. The summed E-state index contributed by atoms with van der Waals surface area (Å²) in [4.78, 5) is 23.1. The molecule has 0 radical (unpaired) electrons. The molecule has 0 aromatic heterocycles. The van der Waals surface area contributed by atoms with E-state index < -0.39 is 48.6 Å². The molecular formula is C42H46F6O10S2. The van der Waals surface area contributed by atoms with Crippen molar-refractivity contribution in [1.82, 2.24) is 0 Å². The molecule has 0 amide bonds. The lowest BCUT2D eigenvalue weighted by molar-refractivity contribution is -0.140. The van der Waals surface area contributed by atoms with Gasteiger partial charge < -0.3 is 38.6 Å². The Labute approximate surface area is 352 Å². The van der Waals surface area contributed by atoms with Gasteiger partial charge in [0.25, 0.3) is 0 Å². The summed E-state index contributed by atoms with van der Waals surface area (Å²) in [6.45, 7) is 7.91. The largest absolute Gasteiger partial charge is 0.491 e. The van der Waals surface area contributed by atoms with Crippen molar-refractivity contribution in [2.24, 2.45) is 0 Å². The Morgan fingerprint density at radius 1 is 0.567 bits per heavy atom. The number of rotatable bonds is 22. The Morgan fingerprint density at radius 2 is 0.917 bits per heavy atom. The molecule has 328 valence electrons. The molecule has 60 heavy (non-hydrogen) atoms. The van der Waals surface area contributed by atoms with Gasteiger partial charge in [0, 0.05) is 34.5 Å². The number of benzene rings is 4. The summed E-state index contributed by atoms with van der Waals surface area (Å²) in [6.07, 6.45) is -9.28. The summed E-state index contributed by atoms with van der Waals surface area (Å²) in [7, 11) is 0. The van der Waals surface area contributed by atoms with Crippen molar-refractivity contribution >= 4 is 35.5 Å². The van der Waals surface area contributed by atoms with E-state index in [1.807, 2.05) is 52.0 Å². The standard InChI is InChI=1S/2C21H23F3O5S/c2*1-3-27-17(11-28-16-6-4-15(5-7-16)21(22,23)24)13-30-18-8-9-19(14(2)10-18)29-12-20(25)26/h2*4-10,17H,3,11-13H2,1-2H3,(H,25,26)/t2*17-/m10/s1. The summed E-state index contributed by atoms with van der Waals surface area (Å²) in [5.74, 6) is 0.761. The zero-order valence-corrected chi connectivity index (χ0v) is 34.8. The zero-order chi connectivity index (χ0) is 44.3. The van der Waals surface area contributed by atoms with Gasteiger partial charge >= 0.3 is 24.3 Å². The summed E-state index contributed by atoms with van der Waals surface area (Å²) < 4.78 is 109. The number of aliphatic carboxylic acids is 2. The molecule has 0 aliphatic heterocycles. The van der Waals surface area contributed by atoms with E-state index in [2.05, 4.69) is 0 Å². The molecule has 0 unspecified atom stereocenters. The molecule has 2 atom stereocenters. The van der Waals surface area contributed by atoms with Crippen LogP contribution in [-0.4, -0.2) is 85.5 Å². The minimum Gasteiger partial charge on any atom is -0.491 e. The van der Waals surface area contributed by atoms with Gasteiger partial charge in [-0.3, -0.25) is 0 Å². The number of carboxylic acids is 2. The number of carboxylic acid groups (broad SMARTS) is 2. The van der Waals surface area contributed by atoms with E-state index in [9.17, 15) is 35.9 Å². The first-order chi connectivity index (χ1) is 28.4. The first-order valence-corrected chi connectivity index (χ1v) is 20.3. The van der Waals surface area contributed by atoms with Gasteiger partial charge in [-0.05, 0) is 124 Å². The lowest BCUT2D eigenvalue weighted by atomic mass is 10.2. The highest BCUT2D eigenvalue weighted by molar-refractivity contribution is 7.99. The Hall–Kier alpha value is -4.78. The SMILES string of the molecule is CCO[C@@H](COc1ccc(C(F)(F)F)cc1)CSc1ccc(OCC(=O)O)c(C)c1.CCO[C@H](COc1ccc(C(F)(F)F)cc1)CSc1ccc(OCC(=O)O)c(C)c1. The normalized spacial score (nSPS) is 12.4. The summed E-state index contributed by atoms with van der Waals surface area (Å²) in [6, 6.07) is 20.0. The monoisotopic (exact) mass is 888 g/mol. The third-order valence-corrected chi connectivity index (χ3v) is 10.2. The molecule has 4 aromatic carbocycles. The molecule has 0 aliphatic rings.